The van der Waals surface area contributed by atoms with Crippen molar-refractivity contribution >= 4 is 5.69 Å². The van der Waals surface area contributed by atoms with Gasteiger partial charge in [-0.2, -0.15) is 0 Å². The third kappa shape index (κ3) is 2.95. The van der Waals surface area contributed by atoms with Crippen LogP contribution in [0.3, 0.4) is 0 Å². The van der Waals surface area contributed by atoms with Crippen molar-refractivity contribution in [1.29, 1.82) is 0 Å². The number of piperidine rings is 1. The van der Waals surface area contributed by atoms with Gasteiger partial charge in [-0.05, 0) is 57.4 Å². The number of nitrogens with zero attached hydrogens (tertiary/aromatic N) is 3. The zero-order chi connectivity index (χ0) is 14.9. The summed E-state index contributed by atoms with van der Waals surface area (Å²) in [6.07, 6.45) is 7.64. The highest BCUT2D eigenvalue weighted by molar-refractivity contribution is 5.51. The highest BCUT2D eigenvalue weighted by atomic mass is 15.1. The second-order valence-electron chi connectivity index (χ2n) is 6.43. The average molecular weight is 284 g/mol. The maximum Gasteiger partial charge on any atom is 0.0994 e. The van der Waals surface area contributed by atoms with Gasteiger partial charge in [0.1, 0.15) is 0 Å². The van der Waals surface area contributed by atoms with Gasteiger partial charge in [0.15, 0.2) is 0 Å². The van der Waals surface area contributed by atoms with Crippen molar-refractivity contribution in [2.24, 2.45) is 5.73 Å². The summed E-state index contributed by atoms with van der Waals surface area (Å²) in [5, 5.41) is 0. The first-order valence-electron chi connectivity index (χ1n) is 7.73. The molecule has 4 nitrogen and oxygen atoms in total. The average Bonchev–Trinajstić information content (AvgIpc) is 2.98. The molecule has 1 aromatic carbocycles. The first-order valence-corrected chi connectivity index (χ1v) is 7.73. The second kappa shape index (κ2) is 5.53. The molecule has 0 atom stereocenters. The van der Waals surface area contributed by atoms with Gasteiger partial charge < -0.3 is 15.2 Å². The fourth-order valence-electron chi connectivity index (χ4n) is 2.95. The predicted octanol–water partition coefficient (Wildman–Crippen LogP) is 3.06. The second-order valence-corrected chi connectivity index (χ2v) is 6.43. The summed E-state index contributed by atoms with van der Waals surface area (Å²) in [6, 6.07) is 8.71. The predicted molar refractivity (Wildman–Crippen MR) is 86.8 cm³/mol. The Morgan fingerprint density at radius 3 is 2.24 bits per heavy atom. The zero-order valence-electron chi connectivity index (χ0n) is 12.9. The molecular weight excluding hydrogens is 260 g/mol. The smallest absolute Gasteiger partial charge is 0.0994 e. The molecule has 2 aromatic rings. The Morgan fingerprint density at radius 2 is 1.62 bits per heavy atom. The van der Waals surface area contributed by atoms with Crippen molar-refractivity contribution in [1.82, 2.24) is 9.55 Å². The lowest BCUT2D eigenvalue weighted by Gasteiger charge is -2.29. The summed E-state index contributed by atoms with van der Waals surface area (Å²) in [5.41, 5.74) is 9.26. The van der Waals surface area contributed by atoms with Crippen LogP contribution in [0, 0.1) is 0 Å². The molecule has 4 heteroatoms. The van der Waals surface area contributed by atoms with E-state index < -0.39 is 5.54 Å². The minimum atomic E-state index is -0.401. The number of nitrogens with two attached hydrogens (primary N) is 1. The fraction of sp³-hybridized carbons (Fsp3) is 0.471. The molecule has 0 aliphatic carbocycles. The lowest BCUT2D eigenvalue weighted by atomic mass is 10.0. The molecule has 1 saturated heterocycles. The quantitative estimate of drug-likeness (QED) is 0.942. The van der Waals surface area contributed by atoms with E-state index in [9.17, 15) is 0 Å². The summed E-state index contributed by atoms with van der Waals surface area (Å²) in [4.78, 5) is 6.72. The first kappa shape index (κ1) is 14.1. The zero-order valence-corrected chi connectivity index (χ0v) is 12.9. The van der Waals surface area contributed by atoms with Crippen LogP contribution in [-0.4, -0.2) is 22.6 Å². The largest absolute Gasteiger partial charge is 0.372 e. The molecule has 0 saturated carbocycles. The van der Waals surface area contributed by atoms with Crippen molar-refractivity contribution in [3.8, 4) is 5.69 Å². The number of hydrogen-bond donors (Lipinski definition) is 1. The minimum absolute atomic E-state index is 0.401. The molecule has 2 heterocycles. The highest BCUT2D eigenvalue weighted by Crippen LogP contribution is 2.24. The molecular formula is C17H24N4. The van der Waals surface area contributed by atoms with E-state index in [1.165, 1.54) is 38.0 Å². The van der Waals surface area contributed by atoms with Gasteiger partial charge in [0.25, 0.3) is 0 Å². The SMILES string of the molecule is CC(C)(N)c1cncn1-c1ccc(N2CCCCC2)cc1. The van der Waals surface area contributed by atoms with Crippen LogP contribution in [0.5, 0.6) is 0 Å². The summed E-state index contributed by atoms with van der Waals surface area (Å²) in [6.45, 7) is 6.35. The molecule has 1 fully saturated rings. The topological polar surface area (TPSA) is 47.1 Å². The summed E-state index contributed by atoms with van der Waals surface area (Å²) in [7, 11) is 0. The van der Waals surface area contributed by atoms with Gasteiger partial charge in [-0.25, -0.2) is 4.98 Å². The monoisotopic (exact) mass is 284 g/mol. The Hall–Kier alpha value is -1.81. The maximum atomic E-state index is 6.22. The van der Waals surface area contributed by atoms with E-state index >= 15 is 0 Å². The van der Waals surface area contributed by atoms with Crippen LogP contribution in [0.2, 0.25) is 0 Å². The Morgan fingerprint density at radius 1 is 1.00 bits per heavy atom. The lowest BCUT2D eigenvalue weighted by Crippen LogP contribution is -2.31. The van der Waals surface area contributed by atoms with Crippen molar-refractivity contribution < 1.29 is 0 Å². The number of hydrogen-bond acceptors (Lipinski definition) is 3. The Bertz CT molecular complexity index is 586. The standard InChI is InChI=1S/C17H24N4/c1-17(2,18)16-12-19-13-21(16)15-8-6-14(7-9-15)20-10-4-3-5-11-20/h6-9,12-13H,3-5,10-11,18H2,1-2H3. The molecule has 3 rings (SSSR count). The number of benzene rings is 1. The van der Waals surface area contributed by atoms with E-state index in [1.54, 1.807) is 0 Å². The number of rotatable bonds is 3. The van der Waals surface area contributed by atoms with Crippen LogP contribution in [-0.2, 0) is 5.54 Å². The molecule has 0 unspecified atom stereocenters. The third-order valence-electron chi connectivity index (χ3n) is 4.15. The van der Waals surface area contributed by atoms with E-state index in [1.807, 2.05) is 26.4 Å². The van der Waals surface area contributed by atoms with Crippen molar-refractivity contribution in [2.45, 2.75) is 38.6 Å². The van der Waals surface area contributed by atoms with Crippen LogP contribution < -0.4 is 10.6 Å². The van der Waals surface area contributed by atoms with Crippen LogP contribution in [0.15, 0.2) is 36.8 Å². The third-order valence-corrected chi connectivity index (χ3v) is 4.15. The molecule has 0 spiro atoms. The molecule has 112 valence electrons. The van der Waals surface area contributed by atoms with Gasteiger partial charge in [0.05, 0.1) is 23.8 Å². The van der Waals surface area contributed by atoms with E-state index in [-0.39, 0.29) is 0 Å². The van der Waals surface area contributed by atoms with Crippen LogP contribution in [0.1, 0.15) is 38.8 Å². The van der Waals surface area contributed by atoms with Crippen molar-refractivity contribution in [2.75, 3.05) is 18.0 Å². The molecule has 1 aliphatic rings. The molecule has 0 amide bonds. The lowest BCUT2D eigenvalue weighted by molar-refractivity contribution is 0.524. The van der Waals surface area contributed by atoms with Crippen molar-refractivity contribution in [3.05, 3.63) is 42.5 Å². The van der Waals surface area contributed by atoms with Gasteiger partial charge in [-0.3, -0.25) is 0 Å². The summed E-state index contributed by atoms with van der Waals surface area (Å²) < 4.78 is 2.07. The van der Waals surface area contributed by atoms with Crippen LogP contribution in [0.25, 0.3) is 5.69 Å². The molecule has 0 radical (unpaired) electrons. The van der Waals surface area contributed by atoms with Gasteiger partial charge in [-0.15, -0.1) is 0 Å². The highest BCUT2D eigenvalue weighted by Gasteiger charge is 2.20. The Kier molecular flexibility index (Phi) is 3.72. The number of aromatic nitrogens is 2. The van der Waals surface area contributed by atoms with Gasteiger partial charge in [0.2, 0.25) is 0 Å². The van der Waals surface area contributed by atoms with Gasteiger partial charge in [-0.1, -0.05) is 0 Å². The minimum Gasteiger partial charge on any atom is -0.372 e. The first-order chi connectivity index (χ1) is 10.1. The molecule has 1 aliphatic heterocycles. The van der Waals surface area contributed by atoms with E-state index in [4.69, 9.17) is 5.73 Å². The Labute approximate surface area is 126 Å². The van der Waals surface area contributed by atoms with E-state index in [2.05, 4.69) is 38.7 Å². The van der Waals surface area contributed by atoms with Crippen molar-refractivity contribution in [3.63, 3.8) is 0 Å². The molecule has 1 aromatic heterocycles. The Balaban J connectivity index is 1.86. The number of anilines is 1. The normalized spacial score (nSPS) is 16.2. The van der Waals surface area contributed by atoms with Gasteiger partial charge in [0, 0.05) is 24.5 Å². The van der Waals surface area contributed by atoms with E-state index in [0.29, 0.717) is 0 Å². The van der Waals surface area contributed by atoms with Crippen LogP contribution >= 0.6 is 0 Å². The summed E-state index contributed by atoms with van der Waals surface area (Å²) >= 11 is 0. The van der Waals surface area contributed by atoms with Crippen LogP contribution in [0.4, 0.5) is 5.69 Å². The fourth-order valence-corrected chi connectivity index (χ4v) is 2.95. The maximum absolute atomic E-state index is 6.22. The summed E-state index contributed by atoms with van der Waals surface area (Å²) in [5.74, 6) is 0. The molecule has 2 N–H and O–H groups in total. The van der Waals surface area contributed by atoms with E-state index in [0.717, 1.165) is 11.4 Å². The number of imidazole rings is 1. The molecule has 21 heavy (non-hydrogen) atoms. The molecule has 0 bridgehead atoms. The van der Waals surface area contributed by atoms with Gasteiger partial charge >= 0.3 is 0 Å².